The lowest BCUT2D eigenvalue weighted by molar-refractivity contribution is -0.0500. The summed E-state index contributed by atoms with van der Waals surface area (Å²) in [4.78, 5) is 0. The van der Waals surface area contributed by atoms with Crippen molar-refractivity contribution in [3.8, 4) is 0 Å². The first-order chi connectivity index (χ1) is 9.85. The van der Waals surface area contributed by atoms with Crippen molar-refractivity contribution >= 4 is 0 Å². The standard InChI is InChI=1S/C16H33NO4/c1-15(2)12-14(13-16(3,4)17-15)21-11-10-20-9-8-19-7-6-18-5/h14,17H,6-13H2,1-5H3. The second-order valence-corrected chi connectivity index (χ2v) is 7.01. The number of methoxy groups -OCH3 is 1. The molecule has 0 unspecified atom stereocenters. The molecule has 1 fully saturated rings. The zero-order chi connectivity index (χ0) is 15.8. The Balaban J connectivity index is 2.04. The summed E-state index contributed by atoms with van der Waals surface area (Å²) < 4.78 is 21.7. The van der Waals surface area contributed by atoms with Crippen molar-refractivity contribution in [1.29, 1.82) is 0 Å². The van der Waals surface area contributed by atoms with E-state index in [1.807, 2.05) is 0 Å². The van der Waals surface area contributed by atoms with Gasteiger partial charge in [0.15, 0.2) is 0 Å². The van der Waals surface area contributed by atoms with Crippen LogP contribution in [0.15, 0.2) is 0 Å². The summed E-state index contributed by atoms with van der Waals surface area (Å²) in [5, 5.41) is 3.66. The molecule has 0 aromatic carbocycles. The van der Waals surface area contributed by atoms with Gasteiger partial charge in [0.2, 0.25) is 0 Å². The SMILES string of the molecule is COCCOCCOCCOC1CC(C)(C)NC(C)(C)C1. The van der Waals surface area contributed by atoms with Crippen molar-refractivity contribution in [2.24, 2.45) is 0 Å². The van der Waals surface area contributed by atoms with E-state index in [4.69, 9.17) is 18.9 Å². The van der Waals surface area contributed by atoms with Crippen LogP contribution in [0, 0.1) is 0 Å². The Morgan fingerprint density at radius 2 is 1.29 bits per heavy atom. The summed E-state index contributed by atoms with van der Waals surface area (Å²) in [6.07, 6.45) is 2.38. The molecule has 0 radical (unpaired) electrons. The van der Waals surface area contributed by atoms with E-state index in [-0.39, 0.29) is 11.1 Å². The van der Waals surface area contributed by atoms with Crippen molar-refractivity contribution in [1.82, 2.24) is 5.32 Å². The monoisotopic (exact) mass is 303 g/mol. The molecule has 0 bridgehead atoms. The van der Waals surface area contributed by atoms with Crippen LogP contribution < -0.4 is 5.32 Å². The highest BCUT2D eigenvalue weighted by atomic mass is 16.6. The molecule has 21 heavy (non-hydrogen) atoms. The van der Waals surface area contributed by atoms with Gasteiger partial charge in [0, 0.05) is 18.2 Å². The van der Waals surface area contributed by atoms with Crippen LogP contribution in [0.1, 0.15) is 40.5 Å². The predicted molar refractivity (Wildman–Crippen MR) is 83.8 cm³/mol. The number of hydrogen-bond donors (Lipinski definition) is 1. The van der Waals surface area contributed by atoms with E-state index in [2.05, 4.69) is 33.0 Å². The van der Waals surface area contributed by atoms with E-state index in [0.29, 0.717) is 45.7 Å². The molecule has 1 rings (SSSR count). The molecule has 1 aliphatic heterocycles. The van der Waals surface area contributed by atoms with Crippen LogP contribution in [0.3, 0.4) is 0 Å². The quantitative estimate of drug-likeness (QED) is 0.626. The van der Waals surface area contributed by atoms with E-state index in [1.54, 1.807) is 7.11 Å². The summed E-state index contributed by atoms with van der Waals surface area (Å²) in [6.45, 7) is 12.7. The highest BCUT2D eigenvalue weighted by molar-refractivity contribution is 4.97. The molecule has 1 heterocycles. The molecule has 1 aliphatic rings. The summed E-state index contributed by atoms with van der Waals surface area (Å²) in [7, 11) is 1.67. The minimum Gasteiger partial charge on any atom is -0.382 e. The first-order valence-corrected chi connectivity index (χ1v) is 7.90. The lowest BCUT2D eigenvalue weighted by Gasteiger charge is -2.46. The van der Waals surface area contributed by atoms with Crippen LogP contribution in [-0.4, -0.2) is 63.9 Å². The Hall–Kier alpha value is -0.200. The number of ether oxygens (including phenoxy) is 4. The van der Waals surface area contributed by atoms with Gasteiger partial charge >= 0.3 is 0 Å². The van der Waals surface area contributed by atoms with Gasteiger partial charge in [-0.15, -0.1) is 0 Å². The van der Waals surface area contributed by atoms with Crippen LogP contribution in [0.25, 0.3) is 0 Å². The molecule has 1 N–H and O–H groups in total. The third-order valence-corrected chi connectivity index (χ3v) is 3.54. The lowest BCUT2D eigenvalue weighted by Crippen LogP contribution is -2.59. The van der Waals surface area contributed by atoms with Gasteiger partial charge in [-0.2, -0.15) is 0 Å². The molecule has 0 aromatic rings. The summed E-state index contributed by atoms with van der Waals surface area (Å²) in [5.41, 5.74) is 0.255. The first-order valence-electron chi connectivity index (χ1n) is 7.90. The molecule has 0 aliphatic carbocycles. The van der Waals surface area contributed by atoms with Crippen molar-refractivity contribution in [2.45, 2.75) is 57.7 Å². The van der Waals surface area contributed by atoms with Gasteiger partial charge in [0.05, 0.1) is 45.7 Å². The summed E-state index contributed by atoms with van der Waals surface area (Å²) in [5.74, 6) is 0. The Morgan fingerprint density at radius 1 is 0.810 bits per heavy atom. The Kier molecular flexibility index (Phi) is 8.13. The normalized spacial score (nSPS) is 21.6. The Bertz CT molecular complexity index is 265. The number of nitrogens with one attached hydrogen (secondary N) is 1. The average molecular weight is 303 g/mol. The van der Waals surface area contributed by atoms with E-state index in [1.165, 1.54) is 0 Å². The molecule has 0 saturated carbocycles. The van der Waals surface area contributed by atoms with Gasteiger partial charge in [0.1, 0.15) is 0 Å². The molecule has 5 heteroatoms. The van der Waals surface area contributed by atoms with Gasteiger partial charge in [-0.3, -0.25) is 0 Å². The van der Waals surface area contributed by atoms with Crippen LogP contribution in [0.4, 0.5) is 0 Å². The second-order valence-electron chi connectivity index (χ2n) is 7.01. The minimum absolute atomic E-state index is 0.127. The average Bonchev–Trinajstić information content (AvgIpc) is 2.33. The van der Waals surface area contributed by atoms with Gasteiger partial charge < -0.3 is 24.3 Å². The van der Waals surface area contributed by atoms with Crippen LogP contribution in [-0.2, 0) is 18.9 Å². The molecular formula is C16H33NO4. The third-order valence-electron chi connectivity index (χ3n) is 3.54. The van der Waals surface area contributed by atoms with Gasteiger partial charge in [0.25, 0.3) is 0 Å². The van der Waals surface area contributed by atoms with Crippen molar-refractivity contribution in [3.05, 3.63) is 0 Å². The summed E-state index contributed by atoms with van der Waals surface area (Å²) in [6, 6.07) is 0. The number of rotatable bonds is 10. The molecule has 126 valence electrons. The zero-order valence-corrected chi connectivity index (χ0v) is 14.4. The van der Waals surface area contributed by atoms with Gasteiger partial charge in [-0.1, -0.05) is 0 Å². The van der Waals surface area contributed by atoms with Gasteiger partial charge in [-0.25, -0.2) is 0 Å². The zero-order valence-electron chi connectivity index (χ0n) is 14.4. The van der Waals surface area contributed by atoms with Crippen molar-refractivity contribution in [2.75, 3.05) is 46.8 Å². The van der Waals surface area contributed by atoms with E-state index in [0.717, 1.165) is 12.8 Å². The topological polar surface area (TPSA) is 49.0 Å². The van der Waals surface area contributed by atoms with Crippen LogP contribution in [0.5, 0.6) is 0 Å². The Morgan fingerprint density at radius 3 is 1.81 bits per heavy atom. The third kappa shape index (κ3) is 8.73. The Labute approximate surface area is 129 Å². The predicted octanol–water partition coefficient (Wildman–Crippen LogP) is 1.99. The van der Waals surface area contributed by atoms with Crippen LogP contribution in [0.2, 0.25) is 0 Å². The van der Waals surface area contributed by atoms with Crippen LogP contribution >= 0.6 is 0 Å². The van der Waals surface area contributed by atoms with E-state index >= 15 is 0 Å². The summed E-state index contributed by atoms with van der Waals surface area (Å²) >= 11 is 0. The molecule has 0 spiro atoms. The number of hydrogen-bond acceptors (Lipinski definition) is 5. The first kappa shape index (κ1) is 18.8. The van der Waals surface area contributed by atoms with E-state index in [9.17, 15) is 0 Å². The molecule has 0 atom stereocenters. The smallest absolute Gasteiger partial charge is 0.0704 e. The molecule has 0 amide bonds. The molecule has 0 aromatic heterocycles. The number of piperidine rings is 1. The molecule has 1 saturated heterocycles. The second kappa shape index (κ2) is 9.06. The maximum atomic E-state index is 5.97. The van der Waals surface area contributed by atoms with Crippen molar-refractivity contribution < 1.29 is 18.9 Å². The lowest BCUT2D eigenvalue weighted by atomic mass is 9.81. The van der Waals surface area contributed by atoms with Gasteiger partial charge in [-0.05, 0) is 40.5 Å². The highest BCUT2D eigenvalue weighted by Crippen LogP contribution is 2.30. The fraction of sp³-hybridized carbons (Fsp3) is 1.00. The minimum atomic E-state index is 0.127. The van der Waals surface area contributed by atoms with E-state index < -0.39 is 0 Å². The van der Waals surface area contributed by atoms with Crippen molar-refractivity contribution in [3.63, 3.8) is 0 Å². The maximum absolute atomic E-state index is 5.97. The highest BCUT2D eigenvalue weighted by Gasteiger charge is 2.37. The fourth-order valence-electron chi connectivity index (χ4n) is 3.08. The molecule has 5 nitrogen and oxygen atoms in total. The largest absolute Gasteiger partial charge is 0.382 e. The fourth-order valence-corrected chi connectivity index (χ4v) is 3.08. The maximum Gasteiger partial charge on any atom is 0.0704 e. The molecular weight excluding hydrogens is 270 g/mol.